The lowest BCUT2D eigenvalue weighted by molar-refractivity contribution is 0.253. The van der Waals surface area contributed by atoms with E-state index >= 15 is 0 Å². The number of nitrogens with one attached hydrogen (secondary N) is 1. The molecule has 0 amide bonds. The summed E-state index contributed by atoms with van der Waals surface area (Å²) in [6.45, 7) is 9.50. The van der Waals surface area contributed by atoms with Crippen molar-refractivity contribution < 1.29 is 9.84 Å². The van der Waals surface area contributed by atoms with Gasteiger partial charge in [-0.2, -0.15) is 0 Å². The van der Waals surface area contributed by atoms with E-state index in [0.717, 1.165) is 50.6 Å². The summed E-state index contributed by atoms with van der Waals surface area (Å²) in [7, 11) is 2.03. The van der Waals surface area contributed by atoms with Gasteiger partial charge < -0.3 is 20.1 Å². The van der Waals surface area contributed by atoms with Crippen molar-refractivity contribution in [1.82, 2.24) is 10.2 Å². The molecule has 1 aromatic rings. The third kappa shape index (κ3) is 10.2. The molecule has 1 unspecified atom stereocenters. The van der Waals surface area contributed by atoms with E-state index in [-0.39, 0.29) is 30.6 Å². The Morgan fingerprint density at radius 3 is 2.50 bits per heavy atom. The number of rotatable bonds is 11. The van der Waals surface area contributed by atoms with Crippen molar-refractivity contribution in [2.24, 2.45) is 10.9 Å². The van der Waals surface area contributed by atoms with Gasteiger partial charge in [0.1, 0.15) is 12.4 Å². The lowest BCUT2D eigenvalue weighted by Gasteiger charge is -2.23. The van der Waals surface area contributed by atoms with Crippen LogP contribution in [0.4, 0.5) is 0 Å². The van der Waals surface area contributed by atoms with E-state index in [0.29, 0.717) is 12.5 Å². The Balaban J connectivity index is 0.00000625. The number of benzene rings is 1. The summed E-state index contributed by atoms with van der Waals surface area (Å²) in [5.41, 5.74) is 1.23. The van der Waals surface area contributed by atoms with Crippen molar-refractivity contribution in [2.45, 2.75) is 40.0 Å². The minimum atomic E-state index is 0. The molecule has 0 bridgehead atoms. The van der Waals surface area contributed by atoms with Crippen LogP contribution in [0.25, 0.3) is 0 Å². The zero-order chi connectivity index (χ0) is 18.5. The van der Waals surface area contributed by atoms with Gasteiger partial charge in [0.15, 0.2) is 5.96 Å². The van der Waals surface area contributed by atoms with Gasteiger partial charge in [0.2, 0.25) is 0 Å². The number of likely N-dealkylation sites (N-methyl/N-ethyl adjacent to an activating group) is 1. The van der Waals surface area contributed by atoms with Crippen LogP contribution in [0.5, 0.6) is 5.75 Å². The van der Waals surface area contributed by atoms with Crippen LogP contribution in [0.2, 0.25) is 0 Å². The molecule has 5 nitrogen and oxygen atoms in total. The first-order valence-corrected chi connectivity index (χ1v) is 9.40. The SMILES string of the molecule is CCCC(CCO)CN=C(NCC)N(C)CCOc1ccc(C)cc1.I. The Labute approximate surface area is 176 Å². The summed E-state index contributed by atoms with van der Waals surface area (Å²) < 4.78 is 5.81. The average Bonchev–Trinajstić information content (AvgIpc) is 2.60. The highest BCUT2D eigenvalue weighted by Crippen LogP contribution is 2.12. The van der Waals surface area contributed by atoms with Crippen molar-refractivity contribution in [1.29, 1.82) is 0 Å². The second-order valence-corrected chi connectivity index (χ2v) is 6.44. The Bertz CT molecular complexity index is 488. The summed E-state index contributed by atoms with van der Waals surface area (Å²) in [4.78, 5) is 6.85. The van der Waals surface area contributed by atoms with Crippen LogP contribution in [-0.2, 0) is 0 Å². The van der Waals surface area contributed by atoms with E-state index < -0.39 is 0 Å². The number of hydrogen-bond acceptors (Lipinski definition) is 3. The van der Waals surface area contributed by atoms with Crippen molar-refractivity contribution in [2.75, 3.05) is 39.9 Å². The molecule has 2 N–H and O–H groups in total. The number of halogens is 1. The first kappa shape index (κ1) is 25.0. The molecule has 0 aliphatic carbocycles. The van der Waals surface area contributed by atoms with Gasteiger partial charge in [0, 0.05) is 26.7 Å². The second kappa shape index (κ2) is 15.1. The zero-order valence-electron chi connectivity index (χ0n) is 16.7. The summed E-state index contributed by atoms with van der Waals surface area (Å²) in [5.74, 6) is 2.24. The van der Waals surface area contributed by atoms with E-state index in [1.165, 1.54) is 5.56 Å². The smallest absolute Gasteiger partial charge is 0.193 e. The number of guanidine groups is 1. The van der Waals surface area contributed by atoms with Crippen LogP contribution in [0.1, 0.15) is 38.7 Å². The van der Waals surface area contributed by atoms with Gasteiger partial charge in [0.25, 0.3) is 0 Å². The van der Waals surface area contributed by atoms with Crippen molar-refractivity contribution >= 4 is 29.9 Å². The molecule has 1 aromatic carbocycles. The van der Waals surface area contributed by atoms with Crippen LogP contribution in [-0.4, -0.2) is 55.9 Å². The molecule has 0 heterocycles. The highest BCUT2D eigenvalue weighted by Gasteiger charge is 2.10. The summed E-state index contributed by atoms with van der Waals surface area (Å²) in [6, 6.07) is 8.11. The maximum atomic E-state index is 9.19. The maximum absolute atomic E-state index is 9.19. The third-order valence-corrected chi connectivity index (χ3v) is 4.15. The lowest BCUT2D eigenvalue weighted by Crippen LogP contribution is -2.41. The van der Waals surface area contributed by atoms with Gasteiger partial charge in [-0.15, -0.1) is 24.0 Å². The second-order valence-electron chi connectivity index (χ2n) is 6.44. The molecule has 150 valence electrons. The molecule has 0 aliphatic rings. The zero-order valence-corrected chi connectivity index (χ0v) is 19.0. The lowest BCUT2D eigenvalue weighted by atomic mass is 10.0. The molecular formula is C20H36IN3O2. The van der Waals surface area contributed by atoms with E-state index in [1.54, 1.807) is 0 Å². The number of nitrogens with zero attached hydrogens (tertiary/aromatic N) is 2. The number of aliphatic hydroxyl groups excluding tert-OH is 1. The minimum Gasteiger partial charge on any atom is -0.492 e. The number of aliphatic hydroxyl groups is 1. The van der Waals surface area contributed by atoms with Crippen molar-refractivity contribution in [3.8, 4) is 5.75 Å². The highest BCUT2D eigenvalue weighted by molar-refractivity contribution is 14.0. The molecule has 0 saturated carbocycles. The van der Waals surface area contributed by atoms with E-state index in [2.05, 4.69) is 43.1 Å². The van der Waals surface area contributed by atoms with Gasteiger partial charge in [-0.05, 0) is 44.7 Å². The molecule has 26 heavy (non-hydrogen) atoms. The number of aliphatic imine (C=N–C) groups is 1. The van der Waals surface area contributed by atoms with Gasteiger partial charge in [-0.1, -0.05) is 31.0 Å². The Morgan fingerprint density at radius 1 is 1.23 bits per heavy atom. The van der Waals surface area contributed by atoms with Crippen LogP contribution >= 0.6 is 24.0 Å². The van der Waals surface area contributed by atoms with E-state index in [1.807, 2.05) is 19.2 Å². The van der Waals surface area contributed by atoms with E-state index in [4.69, 9.17) is 9.73 Å². The Kier molecular flexibility index (Phi) is 14.5. The molecule has 0 saturated heterocycles. The van der Waals surface area contributed by atoms with Gasteiger partial charge in [-0.25, -0.2) is 0 Å². The average molecular weight is 477 g/mol. The Morgan fingerprint density at radius 2 is 1.92 bits per heavy atom. The number of aryl methyl sites for hydroxylation is 1. The van der Waals surface area contributed by atoms with Crippen molar-refractivity contribution in [3.05, 3.63) is 29.8 Å². The molecule has 0 radical (unpaired) electrons. The maximum Gasteiger partial charge on any atom is 0.193 e. The quantitative estimate of drug-likeness (QED) is 0.290. The molecule has 0 aliphatic heterocycles. The van der Waals surface area contributed by atoms with Gasteiger partial charge in [0.05, 0.1) is 6.54 Å². The molecule has 1 rings (SSSR count). The fraction of sp³-hybridized carbons (Fsp3) is 0.650. The molecule has 0 fully saturated rings. The first-order chi connectivity index (χ1) is 12.1. The van der Waals surface area contributed by atoms with Crippen LogP contribution < -0.4 is 10.1 Å². The predicted octanol–water partition coefficient (Wildman–Crippen LogP) is 3.69. The van der Waals surface area contributed by atoms with Crippen LogP contribution in [0, 0.1) is 12.8 Å². The third-order valence-electron chi connectivity index (χ3n) is 4.15. The normalized spacial score (nSPS) is 12.3. The molecule has 1 atom stereocenters. The molecule has 0 aromatic heterocycles. The van der Waals surface area contributed by atoms with Crippen LogP contribution in [0.3, 0.4) is 0 Å². The van der Waals surface area contributed by atoms with Gasteiger partial charge >= 0.3 is 0 Å². The number of ether oxygens (including phenoxy) is 1. The standard InChI is InChI=1S/C20H35N3O2.HI/c1-5-7-18(12-14-24)16-22-20(21-6-2)23(4)13-15-25-19-10-8-17(3)9-11-19;/h8-11,18,24H,5-7,12-16H2,1-4H3,(H,21,22);1H. The minimum absolute atomic E-state index is 0. The summed E-state index contributed by atoms with van der Waals surface area (Å²) in [5, 5.41) is 12.5. The fourth-order valence-corrected chi connectivity index (χ4v) is 2.64. The monoisotopic (exact) mass is 477 g/mol. The molecular weight excluding hydrogens is 441 g/mol. The molecule has 6 heteroatoms. The number of hydrogen-bond donors (Lipinski definition) is 2. The summed E-state index contributed by atoms with van der Waals surface area (Å²) >= 11 is 0. The largest absolute Gasteiger partial charge is 0.492 e. The van der Waals surface area contributed by atoms with Crippen molar-refractivity contribution in [3.63, 3.8) is 0 Å². The highest BCUT2D eigenvalue weighted by atomic mass is 127. The van der Waals surface area contributed by atoms with E-state index in [9.17, 15) is 5.11 Å². The first-order valence-electron chi connectivity index (χ1n) is 9.40. The fourth-order valence-electron chi connectivity index (χ4n) is 2.64. The Hall–Kier alpha value is -1.02. The van der Waals surface area contributed by atoms with Gasteiger partial charge in [-0.3, -0.25) is 4.99 Å². The summed E-state index contributed by atoms with van der Waals surface area (Å²) in [6.07, 6.45) is 3.04. The predicted molar refractivity (Wildman–Crippen MR) is 121 cm³/mol. The topological polar surface area (TPSA) is 57.1 Å². The van der Waals surface area contributed by atoms with Crippen LogP contribution in [0.15, 0.2) is 29.3 Å². The molecule has 0 spiro atoms.